The standard InChI is InChI=1S/C23H32N2O3/c1-8-18(26)25-20(2,3)15-23(16-21(25,4)5)19(27)24(22(6,7)28-23)14-17-12-10-9-11-13-17/h8-13H,1,14-16H2,2-7H3. The van der Waals surface area contributed by atoms with E-state index >= 15 is 0 Å². The fraction of sp³-hybridized carbons (Fsp3) is 0.565. The lowest BCUT2D eigenvalue weighted by molar-refractivity contribution is -0.188. The van der Waals surface area contributed by atoms with Crippen LogP contribution in [0.2, 0.25) is 0 Å². The van der Waals surface area contributed by atoms with Crippen molar-refractivity contribution in [2.24, 2.45) is 0 Å². The van der Waals surface area contributed by atoms with Crippen LogP contribution in [0.1, 0.15) is 59.9 Å². The molecule has 3 rings (SSSR count). The lowest BCUT2D eigenvalue weighted by atomic mass is 9.70. The number of carbonyl (C=O) groups excluding carboxylic acids is 2. The van der Waals surface area contributed by atoms with E-state index in [0.29, 0.717) is 19.4 Å². The average molecular weight is 385 g/mol. The summed E-state index contributed by atoms with van der Waals surface area (Å²) in [5.74, 6) is -0.107. The largest absolute Gasteiger partial charge is 0.340 e. The predicted molar refractivity (Wildman–Crippen MR) is 109 cm³/mol. The third-order valence-corrected chi connectivity index (χ3v) is 5.96. The fourth-order valence-corrected chi connectivity index (χ4v) is 5.44. The molecule has 0 aromatic heterocycles. The number of rotatable bonds is 3. The van der Waals surface area contributed by atoms with Crippen molar-refractivity contribution in [3.05, 3.63) is 48.6 Å². The van der Waals surface area contributed by atoms with Crippen molar-refractivity contribution in [1.29, 1.82) is 0 Å². The first-order chi connectivity index (χ1) is 12.8. The zero-order chi connectivity index (χ0) is 21.0. The molecule has 1 aromatic rings. The van der Waals surface area contributed by atoms with Crippen molar-refractivity contribution < 1.29 is 14.3 Å². The summed E-state index contributed by atoms with van der Waals surface area (Å²) in [5, 5.41) is 0. The molecule has 0 N–H and O–H groups in total. The van der Waals surface area contributed by atoms with E-state index in [0.717, 1.165) is 5.56 Å². The van der Waals surface area contributed by atoms with Crippen molar-refractivity contribution in [1.82, 2.24) is 9.80 Å². The van der Waals surface area contributed by atoms with Gasteiger partial charge in [0.05, 0.1) is 0 Å². The predicted octanol–water partition coefficient (Wildman–Crippen LogP) is 3.89. The molecular weight excluding hydrogens is 352 g/mol. The van der Waals surface area contributed by atoms with Crippen molar-refractivity contribution in [2.45, 2.75) is 83.3 Å². The van der Waals surface area contributed by atoms with Crippen molar-refractivity contribution in [2.75, 3.05) is 0 Å². The summed E-state index contributed by atoms with van der Waals surface area (Å²) < 4.78 is 6.52. The summed E-state index contributed by atoms with van der Waals surface area (Å²) in [7, 11) is 0. The molecule has 5 nitrogen and oxygen atoms in total. The molecule has 2 amide bonds. The lowest BCUT2D eigenvalue weighted by Gasteiger charge is -2.57. The van der Waals surface area contributed by atoms with Crippen LogP contribution < -0.4 is 0 Å². The summed E-state index contributed by atoms with van der Waals surface area (Å²) in [5.41, 5.74) is -1.67. The van der Waals surface area contributed by atoms with E-state index in [-0.39, 0.29) is 11.8 Å². The molecule has 0 saturated carbocycles. The summed E-state index contributed by atoms with van der Waals surface area (Å²) >= 11 is 0. The summed E-state index contributed by atoms with van der Waals surface area (Å²) in [6.45, 7) is 16.1. The number of hydrogen-bond donors (Lipinski definition) is 0. The fourth-order valence-electron chi connectivity index (χ4n) is 5.44. The SMILES string of the molecule is C=CC(=O)N1C(C)(C)CC2(CC1(C)C)OC(C)(C)N(Cc1ccccc1)C2=O. The van der Waals surface area contributed by atoms with Crippen molar-refractivity contribution in [3.63, 3.8) is 0 Å². The first kappa shape index (κ1) is 20.6. The highest BCUT2D eigenvalue weighted by atomic mass is 16.6. The van der Waals surface area contributed by atoms with E-state index in [9.17, 15) is 9.59 Å². The molecule has 2 aliphatic heterocycles. The van der Waals surface area contributed by atoms with Crippen molar-refractivity contribution >= 4 is 11.8 Å². The molecule has 1 spiro atoms. The van der Waals surface area contributed by atoms with E-state index < -0.39 is 22.4 Å². The molecule has 0 aliphatic carbocycles. The van der Waals surface area contributed by atoms with Gasteiger partial charge in [0.1, 0.15) is 5.72 Å². The highest BCUT2D eigenvalue weighted by Gasteiger charge is 2.64. The smallest absolute Gasteiger partial charge is 0.257 e. The van der Waals surface area contributed by atoms with Crippen LogP contribution in [0.15, 0.2) is 43.0 Å². The molecular formula is C23H32N2O3. The molecule has 2 aliphatic rings. The quantitative estimate of drug-likeness (QED) is 0.743. The summed E-state index contributed by atoms with van der Waals surface area (Å²) in [6, 6.07) is 9.97. The highest BCUT2D eigenvalue weighted by Crippen LogP contribution is 2.51. The number of amides is 2. The Morgan fingerprint density at radius 2 is 1.61 bits per heavy atom. The number of benzene rings is 1. The maximum Gasteiger partial charge on any atom is 0.257 e. The molecule has 2 fully saturated rings. The number of carbonyl (C=O) groups is 2. The second-order valence-electron chi connectivity index (χ2n) is 9.78. The summed E-state index contributed by atoms with van der Waals surface area (Å²) in [6.07, 6.45) is 2.26. The molecule has 152 valence electrons. The van der Waals surface area contributed by atoms with Gasteiger partial charge in [-0.1, -0.05) is 36.9 Å². The second kappa shape index (κ2) is 6.45. The molecule has 1 aromatic carbocycles. The highest BCUT2D eigenvalue weighted by molar-refractivity contribution is 5.91. The van der Waals surface area contributed by atoms with Gasteiger partial charge >= 0.3 is 0 Å². The number of hydrogen-bond acceptors (Lipinski definition) is 3. The Morgan fingerprint density at radius 1 is 1.07 bits per heavy atom. The topological polar surface area (TPSA) is 49.9 Å². The van der Waals surface area contributed by atoms with Gasteiger partial charge in [-0.15, -0.1) is 0 Å². The minimum absolute atomic E-state index is 0.00760. The van der Waals surface area contributed by atoms with Gasteiger partial charge in [-0.3, -0.25) is 9.59 Å². The normalized spacial score (nSPS) is 24.4. The third-order valence-electron chi connectivity index (χ3n) is 5.96. The molecule has 0 bridgehead atoms. The minimum Gasteiger partial charge on any atom is -0.340 e. The van der Waals surface area contributed by atoms with E-state index in [1.165, 1.54) is 6.08 Å². The molecule has 5 heteroatoms. The molecule has 2 saturated heterocycles. The van der Waals surface area contributed by atoms with Crippen LogP contribution in [0.3, 0.4) is 0 Å². The first-order valence-corrected chi connectivity index (χ1v) is 9.88. The van der Waals surface area contributed by atoms with Gasteiger partial charge in [0.25, 0.3) is 5.91 Å². The van der Waals surface area contributed by atoms with Gasteiger partial charge in [-0.2, -0.15) is 0 Å². The second-order valence-corrected chi connectivity index (χ2v) is 9.78. The van der Waals surface area contributed by atoms with Crippen LogP contribution in [0.25, 0.3) is 0 Å². The van der Waals surface area contributed by atoms with Crippen LogP contribution >= 0.6 is 0 Å². The van der Waals surface area contributed by atoms with Gasteiger partial charge < -0.3 is 14.5 Å². The Bertz CT molecular complexity index is 777. The average Bonchev–Trinajstić information content (AvgIpc) is 2.72. The lowest BCUT2D eigenvalue weighted by Crippen LogP contribution is -2.68. The maximum absolute atomic E-state index is 13.7. The monoisotopic (exact) mass is 384 g/mol. The maximum atomic E-state index is 13.7. The number of piperidine rings is 1. The molecule has 0 radical (unpaired) electrons. The van der Waals surface area contributed by atoms with Gasteiger partial charge in [0, 0.05) is 30.5 Å². The molecule has 2 heterocycles. The number of likely N-dealkylation sites (tertiary alicyclic amines) is 1. The minimum atomic E-state index is -0.941. The van der Waals surface area contributed by atoms with Crippen LogP contribution in [-0.2, 0) is 20.9 Å². The summed E-state index contributed by atoms with van der Waals surface area (Å²) in [4.78, 5) is 30.0. The first-order valence-electron chi connectivity index (χ1n) is 9.88. The van der Waals surface area contributed by atoms with Gasteiger partial charge in [0.2, 0.25) is 5.91 Å². The number of ether oxygens (including phenoxy) is 1. The Morgan fingerprint density at radius 3 is 2.11 bits per heavy atom. The molecule has 0 atom stereocenters. The third kappa shape index (κ3) is 3.26. The Hall–Kier alpha value is -2.14. The zero-order valence-electron chi connectivity index (χ0n) is 17.9. The Kier molecular flexibility index (Phi) is 4.74. The van der Waals surface area contributed by atoms with Crippen LogP contribution in [0.4, 0.5) is 0 Å². The number of nitrogens with zero attached hydrogens (tertiary/aromatic N) is 2. The van der Waals surface area contributed by atoms with Gasteiger partial charge in [-0.05, 0) is 53.2 Å². The van der Waals surface area contributed by atoms with Crippen LogP contribution in [0.5, 0.6) is 0 Å². The Labute approximate surface area is 168 Å². The Balaban J connectivity index is 1.97. The van der Waals surface area contributed by atoms with Gasteiger partial charge in [0.15, 0.2) is 5.60 Å². The van der Waals surface area contributed by atoms with Crippen LogP contribution in [0, 0.1) is 0 Å². The van der Waals surface area contributed by atoms with E-state index in [1.807, 2.05) is 81.7 Å². The van der Waals surface area contributed by atoms with E-state index in [4.69, 9.17) is 4.74 Å². The molecule has 0 unspecified atom stereocenters. The van der Waals surface area contributed by atoms with Crippen LogP contribution in [-0.4, -0.2) is 44.0 Å². The van der Waals surface area contributed by atoms with E-state index in [2.05, 4.69) is 6.58 Å². The molecule has 28 heavy (non-hydrogen) atoms. The van der Waals surface area contributed by atoms with E-state index in [1.54, 1.807) is 0 Å². The van der Waals surface area contributed by atoms with Gasteiger partial charge in [-0.25, -0.2) is 0 Å². The van der Waals surface area contributed by atoms with Crippen molar-refractivity contribution in [3.8, 4) is 0 Å². The zero-order valence-corrected chi connectivity index (χ0v) is 17.9.